The molecular weight excluding hydrogens is 195 g/mol. The van der Waals surface area contributed by atoms with Gasteiger partial charge in [-0.3, -0.25) is 0 Å². The molecule has 0 atom stereocenters. The Morgan fingerprint density at radius 2 is 1.83 bits per heavy atom. The predicted molar refractivity (Wildman–Crippen MR) is 52.6 cm³/mol. The summed E-state index contributed by atoms with van der Waals surface area (Å²) in [5.41, 5.74) is 0.745. The molecule has 1 aromatic rings. The van der Waals surface area contributed by atoms with Gasteiger partial charge in [-0.05, 0) is 12.1 Å². The number of aliphatic hydroxyl groups excluding tert-OH is 1. The lowest BCUT2D eigenvalue weighted by Crippen LogP contribution is -1.78. The van der Waals surface area contributed by atoms with Crippen LogP contribution in [0.2, 0.25) is 10.0 Å². The van der Waals surface area contributed by atoms with Crippen LogP contribution in [0.5, 0.6) is 0 Å². The molecule has 0 saturated carbocycles. The van der Waals surface area contributed by atoms with E-state index in [9.17, 15) is 0 Å². The molecule has 0 amide bonds. The highest BCUT2D eigenvalue weighted by atomic mass is 35.5. The standard InChI is InChI=1S/C9H8Cl2O/c10-8-4-1-5-9(11)7(8)3-2-6-12/h1-5,12H,6H2. The first-order valence-electron chi connectivity index (χ1n) is 3.47. The number of hydrogen-bond acceptors (Lipinski definition) is 1. The van der Waals surface area contributed by atoms with Crippen molar-refractivity contribution in [2.24, 2.45) is 0 Å². The molecule has 0 aliphatic carbocycles. The third-order valence-electron chi connectivity index (χ3n) is 1.39. The maximum absolute atomic E-state index is 8.54. The van der Waals surface area contributed by atoms with Crippen molar-refractivity contribution in [3.05, 3.63) is 39.9 Å². The Morgan fingerprint density at radius 1 is 1.25 bits per heavy atom. The molecule has 0 fully saturated rings. The normalized spacial score (nSPS) is 10.9. The quantitative estimate of drug-likeness (QED) is 0.783. The average molecular weight is 203 g/mol. The van der Waals surface area contributed by atoms with Crippen LogP contribution in [0.1, 0.15) is 5.56 Å². The number of halogens is 2. The van der Waals surface area contributed by atoms with E-state index in [0.29, 0.717) is 10.0 Å². The number of rotatable bonds is 2. The van der Waals surface area contributed by atoms with E-state index in [1.807, 2.05) is 0 Å². The van der Waals surface area contributed by atoms with Gasteiger partial charge in [0.05, 0.1) is 6.61 Å². The Kier molecular flexibility index (Phi) is 3.60. The van der Waals surface area contributed by atoms with E-state index in [4.69, 9.17) is 28.3 Å². The van der Waals surface area contributed by atoms with Gasteiger partial charge in [-0.15, -0.1) is 0 Å². The van der Waals surface area contributed by atoms with Crippen molar-refractivity contribution in [1.29, 1.82) is 0 Å². The van der Waals surface area contributed by atoms with Gasteiger partial charge in [-0.1, -0.05) is 41.4 Å². The van der Waals surface area contributed by atoms with Gasteiger partial charge in [0, 0.05) is 15.6 Å². The van der Waals surface area contributed by atoms with Gasteiger partial charge >= 0.3 is 0 Å². The Balaban J connectivity index is 3.04. The van der Waals surface area contributed by atoms with Crippen LogP contribution in [-0.4, -0.2) is 11.7 Å². The van der Waals surface area contributed by atoms with Crippen LogP contribution in [0.4, 0.5) is 0 Å². The summed E-state index contributed by atoms with van der Waals surface area (Å²) in [7, 11) is 0. The maximum Gasteiger partial charge on any atom is 0.0615 e. The van der Waals surface area contributed by atoms with Crippen LogP contribution in [-0.2, 0) is 0 Å². The van der Waals surface area contributed by atoms with E-state index < -0.39 is 0 Å². The van der Waals surface area contributed by atoms with Gasteiger partial charge in [-0.2, -0.15) is 0 Å². The summed E-state index contributed by atoms with van der Waals surface area (Å²) in [5.74, 6) is 0. The number of hydrogen-bond donors (Lipinski definition) is 1. The highest BCUT2D eigenvalue weighted by Crippen LogP contribution is 2.25. The zero-order valence-corrected chi connectivity index (χ0v) is 7.81. The minimum absolute atomic E-state index is 0.0123. The Labute approximate surface area is 81.2 Å². The van der Waals surface area contributed by atoms with Crippen LogP contribution in [0.15, 0.2) is 24.3 Å². The molecule has 0 radical (unpaired) electrons. The smallest absolute Gasteiger partial charge is 0.0615 e. The number of benzene rings is 1. The molecule has 12 heavy (non-hydrogen) atoms. The molecule has 0 bridgehead atoms. The molecule has 0 heterocycles. The highest BCUT2D eigenvalue weighted by Gasteiger charge is 1.99. The van der Waals surface area contributed by atoms with Crippen molar-refractivity contribution in [2.75, 3.05) is 6.61 Å². The lowest BCUT2D eigenvalue weighted by atomic mass is 10.2. The summed E-state index contributed by atoms with van der Waals surface area (Å²) in [6.45, 7) is -0.0123. The van der Waals surface area contributed by atoms with Crippen molar-refractivity contribution in [1.82, 2.24) is 0 Å². The Hall–Kier alpha value is -0.500. The van der Waals surface area contributed by atoms with E-state index >= 15 is 0 Å². The topological polar surface area (TPSA) is 20.2 Å². The first-order valence-corrected chi connectivity index (χ1v) is 4.22. The molecule has 1 aromatic carbocycles. The van der Waals surface area contributed by atoms with Gasteiger partial charge in [0.2, 0.25) is 0 Å². The molecule has 0 aliphatic rings. The second-order valence-corrected chi connectivity index (χ2v) is 3.03. The minimum Gasteiger partial charge on any atom is -0.392 e. The summed E-state index contributed by atoms with van der Waals surface area (Å²) in [5, 5.41) is 9.72. The lowest BCUT2D eigenvalue weighted by Gasteiger charge is -1.99. The van der Waals surface area contributed by atoms with Crippen LogP contribution in [0.3, 0.4) is 0 Å². The van der Waals surface area contributed by atoms with Gasteiger partial charge < -0.3 is 5.11 Å². The van der Waals surface area contributed by atoms with Crippen LogP contribution in [0, 0.1) is 0 Å². The Bertz CT molecular complexity index is 274. The maximum atomic E-state index is 8.54. The third kappa shape index (κ3) is 2.24. The van der Waals surface area contributed by atoms with Crippen molar-refractivity contribution < 1.29 is 5.11 Å². The van der Waals surface area contributed by atoms with Crippen LogP contribution < -0.4 is 0 Å². The van der Waals surface area contributed by atoms with Gasteiger partial charge in [0.15, 0.2) is 0 Å². The fourth-order valence-electron chi connectivity index (χ4n) is 0.840. The fraction of sp³-hybridized carbons (Fsp3) is 0.111. The molecule has 0 aromatic heterocycles. The van der Waals surface area contributed by atoms with Gasteiger partial charge in [-0.25, -0.2) is 0 Å². The molecule has 1 N–H and O–H groups in total. The summed E-state index contributed by atoms with van der Waals surface area (Å²) < 4.78 is 0. The molecule has 64 valence electrons. The SMILES string of the molecule is OCC=Cc1c(Cl)cccc1Cl. The molecule has 3 heteroatoms. The van der Waals surface area contributed by atoms with Gasteiger partial charge in [0.1, 0.15) is 0 Å². The fourth-order valence-corrected chi connectivity index (χ4v) is 1.36. The molecule has 0 unspecified atom stereocenters. The van der Waals surface area contributed by atoms with Crippen LogP contribution in [0.25, 0.3) is 6.08 Å². The lowest BCUT2D eigenvalue weighted by molar-refractivity contribution is 0.343. The van der Waals surface area contributed by atoms with Gasteiger partial charge in [0.25, 0.3) is 0 Å². The zero-order valence-electron chi connectivity index (χ0n) is 6.30. The largest absolute Gasteiger partial charge is 0.392 e. The molecule has 1 nitrogen and oxygen atoms in total. The van der Waals surface area contributed by atoms with Crippen molar-refractivity contribution in [3.8, 4) is 0 Å². The summed E-state index contributed by atoms with van der Waals surface area (Å²) >= 11 is 11.7. The number of aliphatic hydroxyl groups is 1. The highest BCUT2D eigenvalue weighted by molar-refractivity contribution is 6.37. The average Bonchev–Trinajstić information content (AvgIpc) is 2.04. The summed E-state index contributed by atoms with van der Waals surface area (Å²) in [6, 6.07) is 5.29. The summed E-state index contributed by atoms with van der Waals surface area (Å²) in [4.78, 5) is 0. The van der Waals surface area contributed by atoms with E-state index in [1.165, 1.54) is 0 Å². The first-order chi connectivity index (χ1) is 5.75. The van der Waals surface area contributed by atoms with Crippen molar-refractivity contribution >= 4 is 29.3 Å². The zero-order chi connectivity index (χ0) is 8.97. The monoisotopic (exact) mass is 202 g/mol. The van der Waals surface area contributed by atoms with E-state index in [1.54, 1.807) is 30.4 Å². The molecule has 0 spiro atoms. The van der Waals surface area contributed by atoms with Crippen molar-refractivity contribution in [3.63, 3.8) is 0 Å². The van der Waals surface area contributed by atoms with E-state index in [0.717, 1.165) is 5.56 Å². The van der Waals surface area contributed by atoms with E-state index in [2.05, 4.69) is 0 Å². The molecule has 0 saturated heterocycles. The second kappa shape index (κ2) is 4.51. The third-order valence-corrected chi connectivity index (χ3v) is 2.05. The Morgan fingerprint density at radius 3 is 2.33 bits per heavy atom. The first kappa shape index (κ1) is 9.59. The van der Waals surface area contributed by atoms with Crippen molar-refractivity contribution in [2.45, 2.75) is 0 Å². The molecule has 0 aliphatic heterocycles. The molecular formula is C9H8Cl2O. The predicted octanol–water partition coefficient (Wildman–Crippen LogP) is 3.00. The minimum atomic E-state index is -0.0123. The van der Waals surface area contributed by atoms with Crippen LogP contribution >= 0.6 is 23.2 Å². The second-order valence-electron chi connectivity index (χ2n) is 2.22. The van der Waals surface area contributed by atoms with E-state index in [-0.39, 0.29) is 6.61 Å². The molecule has 1 rings (SSSR count). The summed E-state index contributed by atoms with van der Waals surface area (Å²) in [6.07, 6.45) is 3.29.